The zero-order valence-electron chi connectivity index (χ0n) is 9.96. The number of benzene rings is 1. The molecule has 1 aliphatic rings. The molecule has 1 N–H and O–H groups in total. The Morgan fingerprint density at radius 2 is 2.19 bits per heavy atom. The maximum atomic E-state index is 11.7. The Kier molecular flexibility index (Phi) is 2.62. The van der Waals surface area contributed by atoms with Crippen LogP contribution in [0.25, 0.3) is 0 Å². The van der Waals surface area contributed by atoms with Gasteiger partial charge < -0.3 is 10.1 Å². The standard InChI is InChI=1S/C13H17NO2/c1-4-9-6-5-7-10-12(9)16-13(2,3)8-11(15)14-10/h5-7H,4,8H2,1-3H3,(H,14,15). The Balaban J connectivity index is 2.50. The fourth-order valence-corrected chi connectivity index (χ4v) is 1.98. The molecule has 1 aromatic carbocycles. The third-order valence-electron chi connectivity index (χ3n) is 2.72. The summed E-state index contributed by atoms with van der Waals surface area (Å²) < 4.78 is 5.95. The van der Waals surface area contributed by atoms with Crippen molar-refractivity contribution in [2.24, 2.45) is 0 Å². The molecule has 16 heavy (non-hydrogen) atoms. The first-order valence-corrected chi connectivity index (χ1v) is 5.62. The van der Waals surface area contributed by atoms with Gasteiger partial charge in [-0.2, -0.15) is 0 Å². The molecule has 86 valence electrons. The summed E-state index contributed by atoms with van der Waals surface area (Å²) in [6.45, 7) is 5.96. The van der Waals surface area contributed by atoms with Gasteiger partial charge in [0.1, 0.15) is 11.4 Å². The van der Waals surface area contributed by atoms with Crippen LogP contribution >= 0.6 is 0 Å². The van der Waals surface area contributed by atoms with Gasteiger partial charge in [0.25, 0.3) is 0 Å². The van der Waals surface area contributed by atoms with Crippen LogP contribution in [0.4, 0.5) is 5.69 Å². The summed E-state index contributed by atoms with van der Waals surface area (Å²) in [6.07, 6.45) is 1.28. The molecule has 0 saturated carbocycles. The van der Waals surface area contributed by atoms with E-state index in [4.69, 9.17) is 4.74 Å². The second-order valence-electron chi connectivity index (χ2n) is 4.73. The van der Waals surface area contributed by atoms with Gasteiger partial charge in [-0.05, 0) is 31.9 Å². The van der Waals surface area contributed by atoms with Crippen LogP contribution in [0, 0.1) is 0 Å². The summed E-state index contributed by atoms with van der Waals surface area (Å²) in [6, 6.07) is 5.86. The van der Waals surface area contributed by atoms with Gasteiger partial charge >= 0.3 is 0 Å². The topological polar surface area (TPSA) is 38.3 Å². The molecule has 0 aliphatic carbocycles. The van der Waals surface area contributed by atoms with E-state index in [0.717, 1.165) is 23.4 Å². The van der Waals surface area contributed by atoms with E-state index < -0.39 is 5.60 Å². The van der Waals surface area contributed by atoms with Gasteiger partial charge in [0, 0.05) is 0 Å². The molecule has 0 spiro atoms. The van der Waals surface area contributed by atoms with E-state index in [0.29, 0.717) is 6.42 Å². The quantitative estimate of drug-likeness (QED) is 0.788. The van der Waals surface area contributed by atoms with Crippen LogP contribution < -0.4 is 10.1 Å². The minimum Gasteiger partial charge on any atom is -0.485 e. The largest absolute Gasteiger partial charge is 0.485 e. The monoisotopic (exact) mass is 219 g/mol. The lowest BCUT2D eigenvalue weighted by atomic mass is 10.1. The van der Waals surface area contributed by atoms with Crippen molar-refractivity contribution in [3.05, 3.63) is 23.8 Å². The number of nitrogens with one attached hydrogen (secondary N) is 1. The van der Waals surface area contributed by atoms with E-state index in [-0.39, 0.29) is 5.91 Å². The normalized spacial score (nSPS) is 18.1. The summed E-state index contributed by atoms with van der Waals surface area (Å²) in [5.41, 5.74) is 1.48. The van der Waals surface area contributed by atoms with Crippen LogP contribution in [0.2, 0.25) is 0 Å². The molecule has 1 amide bonds. The molecule has 0 saturated heterocycles. The predicted molar refractivity (Wildman–Crippen MR) is 63.8 cm³/mol. The second kappa shape index (κ2) is 3.81. The van der Waals surface area contributed by atoms with Crippen molar-refractivity contribution in [2.45, 2.75) is 39.2 Å². The van der Waals surface area contributed by atoms with Gasteiger partial charge in [0.15, 0.2) is 0 Å². The molecule has 3 nitrogen and oxygen atoms in total. The zero-order chi connectivity index (χ0) is 11.8. The van der Waals surface area contributed by atoms with E-state index >= 15 is 0 Å². The molecule has 0 fully saturated rings. The number of carbonyl (C=O) groups is 1. The van der Waals surface area contributed by atoms with Crippen LogP contribution in [0.15, 0.2) is 18.2 Å². The van der Waals surface area contributed by atoms with Crippen molar-refractivity contribution >= 4 is 11.6 Å². The van der Waals surface area contributed by atoms with Crippen molar-refractivity contribution in [2.75, 3.05) is 5.32 Å². The van der Waals surface area contributed by atoms with Crippen molar-refractivity contribution in [3.8, 4) is 5.75 Å². The molecule has 2 rings (SSSR count). The van der Waals surface area contributed by atoms with Crippen molar-refractivity contribution in [1.82, 2.24) is 0 Å². The summed E-state index contributed by atoms with van der Waals surface area (Å²) >= 11 is 0. The van der Waals surface area contributed by atoms with Crippen LogP contribution in [-0.4, -0.2) is 11.5 Å². The highest BCUT2D eigenvalue weighted by Crippen LogP contribution is 2.36. The Morgan fingerprint density at radius 3 is 2.88 bits per heavy atom. The molecule has 0 atom stereocenters. The minimum atomic E-state index is -0.444. The maximum Gasteiger partial charge on any atom is 0.228 e. The van der Waals surface area contributed by atoms with Crippen LogP contribution in [0.5, 0.6) is 5.75 Å². The van der Waals surface area contributed by atoms with Crippen LogP contribution in [0.3, 0.4) is 0 Å². The molecule has 1 heterocycles. The molecule has 0 unspecified atom stereocenters. The fraction of sp³-hybridized carbons (Fsp3) is 0.462. The van der Waals surface area contributed by atoms with E-state index in [1.54, 1.807) is 0 Å². The summed E-state index contributed by atoms with van der Waals surface area (Å²) in [7, 11) is 0. The number of ether oxygens (including phenoxy) is 1. The average molecular weight is 219 g/mol. The summed E-state index contributed by atoms with van der Waals surface area (Å²) in [5.74, 6) is 0.831. The number of anilines is 1. The smallest absolute Gasteiger partial charge is 0.228 e. The molecule has 0 bridgehead atoms. The number of hydrogen-bond donors (Lipinski definition) is 1. The van der Waals surface area contributed by atoms with Gasteiger partial charge in [0.05, 0.1) is 12.1 Å². The number of aryl methyl sites for hydroxylation is 1. The van der Waals surface area contributed by atoms with Gasteiger partial charge in [-0.15, -0.1) is 0 Å². The molecule has 3 heteroatoms. The van der Waals surface area contributed by atoms with Crippen LogP contribution in [0.1, 0.15) is 32.8 Å². The lowest BCUT2D eigenvalue weighted by molar-refractivity contribution is -0.118. The Hall–Kier alpha value is -1.51. The maximum absolute atomic E-state index is 11.7. The molecular formula is C13H17NO2. The highest BCUT2D eigenvalue weighted by molar-refractivity contribution is 5.94. The van der Waals surface area contributed by atoms with Gasteiger partial charge in [0.2, 0.25) is 5.91 Å². The zero-order valence-corrected chi connectivity index (χ0v) is 9.96. The number of carbonyl (C=O) groups excluding carboxylic acids is 1. The molecular weight excluding hydrogens is 202 g/mol. The minimum absolute atomic E-state index is 0.0111. The van der Waals surface area contributed by atoms with Crippen LogP contribution in [-0.2, 0) is 11.2 Å². The van der Waals surface area contributed by atoms with Gasteiger partial charge in [-0.25, -0.2) is 0 Å². The first-order valence-electron chi connectivity index (χ1n) is 5.62. The fourth-order valence-electron chi connectivity index (χ4n) is 1.98. The van der Waals surface area contributed by atoms with E-state index in [9.17, 15) is 4.79 Å². The Labute approximate surface area is 95.8 Å². The number of rotatable bonds is 1. The average Bonchev–Trinajstić information content (AvgIpc) is 2.30. The van der Waals surface area contributed by atoms with Crippen molar-refractivity contribution in [1.29, 1.82) is 0 Å². The summed E-state index contributed by atoms with van der Waals surface area (Å²) in [4.78, 5) is 11.7. The molecule has 1 aliphatic heterocycles. The number of para-hydroxylation sites is 1. The molecule has 1 aromatic rings. The van der Waals surface area contributed by atoms with Crippen molar-refractivity contribution in [3.63, 3.8) is 0 Å². The SMILES string of the molecule is CCc1cccc2c1OC(C)(C)CC(=O)N2. The van der Waals surface area contributed by atoms with Gasteiger partial charge in [-0.3, -0.25) is 4.79 Å². The van der Waals surface area contributed by atoms with E-state index in [1.165, 1.54) is 0 Å². The van der Waals surface area contributed by atoms with Crippen molar-refractivity contribution < 1.29 is 9.53 Å². The Bertz CT molecular complexity index is 424. The highest BCUT2D eigenvalue weighted by atomic mass is 16.5. The number of fused-ring (bicyclic) bond motifs is 1. The predicted octanol–water partition coefficient (Wildman–Crippen LogP) is 2.75. The van der Waals surface area contributed by atoms with Gasteiger partial charge in [-0.1, -0.05) is 19.1 Å². The third-order valence-corrected chi connectivity index (χ3v) is 2.72. The van der Waals surface area contributed by atoms with E-state index in [2.05, 4.69) is 12.2 Å². The number of amides is 1. The summed E-state index contributed by atoms with van der Waals surface area (Å²) in [5, 5.41) is 2.89. The molecule has 0 aromatic heterocycles. The second-order valence-corrected chi connectivity index (χ2v) is 4.73. The molecule has 0 radical (unpaired) electrons. The lowest BCUT2D eigenvalue weighted by Gasteiger charge is -2.24. The lowest BCUT2D eigenvalue weighted by Crippen LogP contribution is -2.31. The van der Waals surface area contributed by atoms with E-state index in [1.807, 2.05) is 32.0 Å². The third kappa shape index (κ3) is 2.03. The first-order chi connectivity index (χ1) is 7.52. The first kappa shape index (κ1) is 11.0. The highest BCUT2D eigenvalue weighted by Gasteiger charge is 2.29. The number of hydrogen-bond acceptors (Lipinski definition) is 2. The Morgan fingerprint density at radius 1 is 1.44 bits per heavy atom.